The summed E-state index contributed by atoms with van der Waals surface area (Å²) in [5.41, 5.74) is 2.29. The molecule has 0 saturated heterocycles. The smallest absolute Gasteiger partial charge is 0.101 e. The number of nitrogens with one attached hydrogen (secondary N) is 1. The molecular formula is C17H24N2. The molecule has 2 heteroatoms. The van der Waals surface area contributed by atoms with E-state index in [0.717, 1.165) is 12.5 Å². The van der Waals surface area contributed by atoms with Crippen LogP contribution in [0.4, 0.5) is 0 Å². The molecule has 0 unspecified atom stereocenters. The van der Waals surface area contributed by atoms with Gasteiger partial charge in [-0.3, -0.25) is 5.32 Å². The normalized spacial score (nSPS) is 17.1. The van der Waals surface area contributed by atoms with Crippen LogP contribution < -0.4 is 5.32 Å². The highest BCUT2D eigenvalue weighted by molar-refractivity contribution is 5.26. The molecule has 0 atom stereocenters. The average Bonchev–Trinajstić information content (AvgIpc) is 2.47. The fourth-order valence-electron chi connectivity index (χ4n) is 2.71. The first-order valence-corrected chi connectivity index (χ1v) is 7.36. The summed E-state index contributed by atoms with van der Waals surface area (Å²) in [5.74, 6) is 0.770. The molecule has 1 N–H and O–H groups in total. The summed E-state index contributed by atoms with van der Waals surface area (Å²) in [6.45, 7) is 4.57. The van der Waals surface area contributed by atoms with Crippen LogP contribution in [-0.4, -0.2) is 5.54 Å². The molecule has 1 aliphatic carbocycles. The molecule has 2 rings (SSSR count). The Morgan fingerprint density at radius 2 is 1.79 bits per heavy atom. The summed E-state index contributed by atoms with van der Waals surface area (Å²) in [7, 11) is 0. The molecule has 0 bridgehead atoms. The van der Waals surface area contributed by atoms with Gasteiger partial charge in [0.25, 0.3) is 0 Å². The average molecular weight is 256 g/mol. The Labute approximate surface area is 116 Å². The van der Waals surface area contributed by atoms with Crippen molar-refractivity contribution in [2.75, 3.05) is 0 Å². The maximum Gasteiger partial charge on any atom is 0.101 e. The van der Waals surface area contributed by atoms with Crippen LogP contribution in [0.15, 0.2) is 24.3 Å². The summed E-state index contributed by atoms with van der Waals surface area (Å²) < 4.78 is 0. The molecule has 0 spiro atoms. The molecule has 102 valence electrons. The van der Waals surface area contributed by atoms with Gasteiger partial charge in [-0.2, -0.15) is 5.26 Å². The van der Waals surface area contributed by atoms with Gasteiger partial charge in [0.2, 0.25) is 0 Å². The molecule has 0 radical (unpaired) electrons. The lowest BCUT2D eigenvalue weighted by molar-refractivity contribution is 0.443. The quantitative estimate of drug-likeness (QED) is 0.879. The number of hydrogen-bond acceptors (Lipinski definition) is 2. The van der Waals surface area contributed by atoms with Crippen molar-refractivity contribution in [3.05, 3.63) is 35.4 Å². The maximum absolute atomic E-state index is 8.97. The Kier molecular flexibility index (Phi) is 4.61. The lowest BCUT2D eigenvalue weighted by atomic mass is 9.84. The minimum absolute atomic E-state index is 0.456. The molecular weight excluding hydrogens is 232 g/mol. The Hall–Kier alpha value is -1.33. The van der Waals surface area contributed by atoms with Crippen LogP contribution in [0, 0.1) is 11.3 Å². The van der Waals surface area contributed by atoms with Gasteiger partial charge in [0.15, 0.2) is 0 Å². The van der Waals surface area contributed by atoms with E-state index in [2.05, 4.69) is 35.7 Å². The number of hydrogen-bond donors (Lipinski definition) is 1. The van der Waals surface area contributed by atoms with E-state index in [4.69, 9.17) is 5.26 Å². The molecule has 1 aromatic rings. The summed E-state index contributed by atoms with van der Waals surface area (Å²) >= 11 is 0. The van der Waals surface area contributed by atoms with E-state index in [1.807, 2.05) is 13.8 Å². The Morgan fingerprint density at radius 1 is 1.16 bits per heavy atom. The zero-order valence-electron chi connectivity index (χ0n) is 12.1. The van der Waals surface area contributed by atoms with Gasteiger partial charge >= 0.3 is 0 Å². The molecule has 1 aromatic carbocycles. The van der Waals surface area contributed by atoms with Gasteiger partial charge in [-0.05, 0) is 43.7 Å². The van der Waals surface area contributed by atoms with Crippen LogP contribution in [0.5, 0.6) is 0 Å². The predicted molar refractivity (Wildman–Crippen MR) is 78.8 cm³/mol. The molecule has 1 saturated carbocycles. The largest absolute Gasteiger partial charge is 0.296 e. The monoisotopic (exact) mass is 256 g/mol. The first-order chi connectivity index (χ1) is 9.11. The zero-order valence-corrected chi connectivity index (χ0v) is 12.1. The fraction of sp³-hybridized carbons (Fsp3) is 0.588. The molecule has 19 heavy (non-hydrogen) atoms. The van der Waals surface area contributed by atoms with Crippen LogP contribution in [0.3, 0.4) is 0 Å². The summed E-state index contributed by atoms with van der Waals surface area (Å²) in [5, 5.41) is 12.2. The van der Waals surface area contributed by atoms with E-state index in [1.165, 1.54) is 43.2 Å². The number of nitrogens with zero attached hydrogens (tertiary/aromatic N) is 1. The second-order valence-corrected chi connectivity index (χ2v) is 6.17. The fourth-order valence-corrected chi connectivity index (χ4v) is 2.71. The first-order valence-electron chi connectivity index (χ1n) is 7.36. The third kappa shape index (κ3) is 4.08. The van der Waals surface area contributed by atoms with Crippen LogP contribution >= 0.6 is 0 Å². The number of rotatable bonds is 4. The minimum Gasteiger partial charge on any atom is -0.296 e. The highest BCUT2D eigenvalue weighted by atomic mass is 14.9. The lowest BCUT2D eigenvalue weighted by Crippen LogP contribution is -2.36. The van der Waals surface area contributed by atoms with E-state index >= 15 is 0 Å². The molecule has 0 aromatic heterocycles. The van der Waals surface area contributed by atoms with Crippen molar-refractivity contribution in [1.82, 2.24) is 5.32 Å². The molecule has 0 heterocycles. The van der Waals surface area contributed by atoms with E-state index < -0.39 is 5.54 Å². The second-order valence-electron chi connectivity index (χ2n) is 6.17. The zero-order chi connectivity index (χ0) is 13.7. The highest BCUT2D eigenvalue weighted by Gasteiger charge is 2.16. The van der Waals surface area contributed by atoms with Gasteiger partial charge in [0, 0.05) is 6.54 Å². The first kappa shape index (κ1) is 14.1. The standard InChI is InChI=1S/C17H24N2/c1-17(2,13-18)19-12-14-8-10-16(11-9-14)15-6-4-3-5-7-15/h8-11,15,19H,3-7,12H2,1-2H3. The molecule has 1 fully saturated rings. The van der Waals surface area contributed by atoms with Gasteiger partial charge in [-0.15, -0.1) is 0 Å². The van der Waals surface area contributed by atoms with Gasteiger partial charge in [0.05, 0.1) is 6.07 Å². The van der Waals surface area contributed by atoms with Gasteiger partial charge < -0.3 is 0 Å². The van der Waals surface area contributed by atoms with Crippen molar-refractivity contribution in [2.45, 2.75) is 64.0 Å². The van der Waals surface area contributed by atoms with Crippen molar-refractivity contribution in [1.29, 1.82) is 5.26 Å². The second kappa shape index (κ2) is 6.21. The van der Waals surface area contributed by atoms with Crippen molar-refractivity contribution in [3.63, 3.8) is 0 Å². The summed E-state index contributed by atoms with van der Waals surface area (Å²) in [6, 6.07) is 11.2. The van der Waals surface area contributed by atoms with E-state index in [-0.39, 0.29) is 0 Å². The SMILES string of the molecule is CC(C)(C#N)NCc1ccc(C2CCCCC2)cc1. The Bertz CT molecular complexity index is 433. The third-order valence-electron chi connectivity index (χ3n) is 4.07. The van der Waals surface area contributed by atoms with Crippen molar-refractivity contribution in [3.8, 4) is 6.07 Å². The topological polar surface area (TPSA) is 35.8 Å². The van der Waals surface area contributed by atoms with Gasteiger partial charge in [-0.1, -0.05) is 43.5 Å². The van der Waals surface area contributed by atoms with Crippen LogP contribution in [0.1, 0.15) is 63.0 Å². The lowest BCUT2D eigenvalue weighted by Gasteiger charge is -2.22. The van der Waals surface area contributed by atoms with E-state index in [9.17, 15) is 0 Å². The van der Waals surface area contributed by atoms with Crippen molar-refractivity contribution >= 4 is 0 Å². The number of benzene rings is 1. The van der Waals surface area contributed by atoms with Crippen molar-refractivity contribution < 1.29 is 0 Å². The third-order valence-corrected chi connectivity index (χ3v) is 4.07. The summed E-state index contributed by atoms with van der Waals surface area (Å²) in [4.78, 5) is 0. The van der Waals surface area contributed by atoms with Crippen LogP contribution in [-0.2, 0) is 6.54 Å². The van der Waals surface area contributed by atoms with Crippen LogP contribution in [0.2, 0.25) is 0 Å². The molecule has 2 nitrogen and oxygen atoms in total. The molecule has 1 aliphatic rings. The molecule has 0 aliphatic heterocycles. The predicted octanol–water partition coefficient (Wildman–Crippen LogP) is 4.13. The maximum atomic E-state index is 8.97. The Balaban J connectivity index is 1.93. The van der Waals surface area contributed by atoms with Gasteiger partial charge in [0.1, 0.15) is 5.54 Å². The Morgan fingerprint density at radius 3 is 2.37 bits per heavy atom. The van der Waals surface area contributed by atoms with E-state index in [1.54, 1.807) is 0 Å². The number of nitriles is 1. The van der Waals surface area contributed by atoms with Crippen molar-refractivity contribution in [2.24, 2.45) is 0 Å². The highest BCUT2D eigenvalue weighted by Crippen LogP contribution is 2.32. The van der Waals surface area contributed by atoms with Gasteiger partial charge in [-0.25, -0.2) is 0 Å². The minimum atomic E-state index is -0.456. The van der Waals surface area contributed by atoms with Crippen LogP contribution in [0.25, 0.3) is 0 Å². The molecule has 0 amide bonds. The van der Waals surface area contributed by atoms with E-state index in [0.29, 0.717) is 0 Å². The summed E-state index contributed by atoms with van der Waals surface area (Å²) in [6.07, 6.45) is 6.86.